The minimum Gasteiger partial charge on any atom is -0.357 e. The standard InChI is InChI=1S/C11H17NO3Si/c1-3-13-16(14-4-2)12-9-6-5-7-11(12)8-10-15-16/h5-9H,3-4,10H2,1-2H3. The van der Waals surface area contributed by atoms with Gasteiger partial charge < -0.3 is 17.8 Å². The van der Waals surface area contributed by atoms with Crippen molar-refractivity contribution < 1.29 is 13.3 Å². The Morgan fingerprint density at radius 3 is 2.75 bits per heavy atom. The second kappa shape index (κ2) is 4.97. The lowest BCUT2D eigenvalue weighted by molar-refractivity contribution is 0.0345. The van der Waals surface area contributed by atoms with Gasteiger partial charge in [-0.15, -0.1) is 0 Å². The van der Waals surface area contributed by atoms with E-state index in [9.17, 15) is 0 Å². The van der Waals surface area contributed by atoms with Gasteiger partial charge in [-0.25, -0.2) is 0 Å². The molecule has 0 saturated heterocycles. The van der Waals surface area contributed by atoms with Crippen molar-refractivity contribution in [3.8, 4) is 0 Å². The molecule has 2 aliphatic rings. The van der Waals surface area contributed by atoms with Crippen LogP contribution >= 0.6 is 0 Å². The Balaban J connectivity index is 2.28. The largest absolute Gasteiger partial charge is 0.638 e. The summed E-state index contributed by atoms with van der Waals surface area (Å²) in [6.45, 7) is 5.65. The van der Waals surface area contributed by atoms with Gasteiger partial charge in [-0.1, -0.05) is 6.08 Å². The van der Waals surface area contributed by atoms with Crippen molar-refractivity contribution in [2.45, 2.75) is 13.8 Å². The van der Waals surface area contributed by atoms with Crippen molar-refractivity contribution in [3.05, 3.63) is 36.2 Å². The highest BCUT2D eigenvalue weighted by atomic mass is 28.4. The lowest BCUT2D eigenvalue weighted by atomic mass is 10.3. The molecule has 0 amide bonds. The maximum atomic E-state index is 5.77. The molecule has 5 heteroatoms. The van der Waals surface area contributed by atoms with Crippen LogP contribution in [0.25, 0.3) is 0 Å². The normalized spacial score (nSPS) is 21.9. The molecule has 0 bridgehead atoms. The molecule has 0 radical (unpaired) electrons. The van der Waals surface area contributed by atoms with Crippen molar-refractivity contribution in [2.75, 3.05) is 19.8 Å². The maximum absolute atomic E-state index is 5.77. The van der Waals surface area contributed by atoms with Crippen molar-refractivity contribution >= 4 is 8.97 Å². The van der Waals surface area contributed by atoms with Crippen LogP contribution in [0.2, 0.25) is 0 Å². The fraction of sp³-hybridized carbons (Fsp3) is 0.455. The number of allylic oxidation sites excluding steroid dienone is 3. The average Bonchev–Trinajstić information content (AvgIpc) is 2.30. The van der Waals surface area contributed by atoms with Crippen LogP contribution in [0.5, 0.6) is 0 Å². The summed E-state index contributed by atoms with van der Waals surface area (Å²) in [5, 5.41) is 0. The van der Waals surface area contributed by atoms with Crippen molar-refractivity contribution in [1.29, 1.82) is 0 Å². The van der Waals surface area contributed by atoms with Crippen LogP contribution in [0, 0.1) is 0 Å². The number of hydrogen-bond donors (Lipinski definition) is 0. The summed E-state index contributed by atoms with van der Waals surface area (Å²) in [6.07, 6.45) is 10.0. The Kier molecular flexibility index (Phi) is 3.60. The van der Waals surface area contributed by atoms with Crippen LogP contribution in [0.4, 0.5) is 0 Å². The first-order valence-electron chi connectivity index (χ1n) is 5.58. The van der Waals surface area contributed by atoms with Gasteiger partial charge in [0.25, 0.3) is 0 Å². The molecule has 88 valence electrons. The molecule has 0 spiro atoms. The van der Waals surface area contributed by atoms with E-state index in [1.54, 1.807) is 0 Å². The lowest BCUT2D eigenvalue weighted by Gasteiger charge is -2.40. The Morgan fingerprint density at radius 1 is 1.31 bits per heavy atom. The zero-order valence-corrected chi connectivity index (χ0v) is 10.7. The SMILES string of the molecule is CCO[Si]1(OCC)OCC=C2C=CC=CN21. The molecule has 2 heterocycles. The zero-order valence-electron chi connectivity index (χ0n) is 9.68. The van der Waals surface area contributed by atoms with Gasteiger partial charge >= 0.3 is 8.97 Å². The van der Waals surface area contributed by atoms with Crippen molar-refractivity contribution in [2.24, 2.45) is 0 Å². The first-order valence-corrected chi connectivity index (χ1v) is 7.26. The monoisotopic (exact) mass is 239 g/mol. The zero-order chi connectivity index (χ0) is 11.4. The molecule has 0 aromatic rings. The van der Waals surface area contributed by atoms with Gasteiger partial charge in [-0.2, -0.15) is 0 Å². The lowest BCUT2D eigenvalue weighted by Crippen LogP contribution is -2.60. The molecule has 0 aromatic carbocycles. The summed E-state index contributed by atoms with van der Waals surface area (Å²) in [5.41, 5.74) is 1.10. The van der Waals surface area contributed by atoms with Crippen LogP contribution < -0.4 is 0 Å². The Morgan fingerprint density at radius 2 is 2.06 bits per heavy atom. The van der Waals surface area contributed by atoms with E-state index in [2.05, 4.69) is 0 Å². The van der Waals surface area contributed by atoms with E-state index in [4.69, 9.17) is 13.3 Å². The van der Waals surface area contributed by atoms with Crippen LogP contribution in [0.1, 0.15) is 13.8 Å². The summed E-state index contributed by atoms with van der Waals surface area (Å²) in [6, 6.07) is 0. The quantitative estimate of drug-likeness (QED) is 0.700. The van der Waals surface area contributed by atoms with Crippen LogP contribution in [0.15, 0.2) is 36.2 Å². The molecule has 0 unspecified atom stereocenters. The Labute approximate surface area is 97.2 Å². The van der Waals surface area contributed by atoms with E-state index in [0.717, 1.165) is 5.70 Å². The third-order valence-electron chi connectivity index (χ3n) is 2.40. The topological polar surface area (TPSA) is 30.9 Å². The van der Waals surface area contributed by atoms with Crippen LogP contribution in [-0.2, 0) is 13.3 Å². The Bertz CT molecular complexity index is 332. The van der Waals surface area contributed by atoms with Gasteiger partial charge in [0.15, 0.2) is 0 Å². The highest BCUT2D eigenvalue weighted by Gasteiger charge is 2.51. The summed E-state index contributed by atoms with van der Waals surface area (Å²) in [7, 11) is -2.72. The molecule has 0 aliphatic carbocycles. The second-order valence-electron chi connectivity index (χ2n) is 3.40. The van der Waals surface area contributed by atoms with E-state index in [1.165, 1.54) is 0 Å². The molecule has 0 aromatic heterocycles. The minimum atomic E-state index is -2.72. The third-order valence-corrected chi connectivity index (χ3v) is 5.23. The fourth-order valence-electron chi connectivity index (χ4n) is 1.80. The van der Waals surface area contributed by atoms with Gasteiger partial charge in [-0.05, 0) is 32.1 Å². The molecule has 0 fully saturated rings. The first kappa shape index (κ1) is 11.6. The molecule has 2 rings (SSSR count). The van der Waals surface area contributed by atoms with Gasteiger partial charge in [0, 0.05) is 25.1 Å². The van der Waals surface area contributed by atoms with Gasteiger partial charge in [0.2, 0.25) is 0 Å². The highest BCUT2D eigenvalue weighted by Crippen LogP contribution is 2.28. The van der Waals surface area contributed by atoms with Gasteiger partial charge in [0.05, 0.1) is 6.61 Å². The van der Waals surface area contributed by atoms with Gasteiger partial charge in [0.1, 0.15) is 0 Å². The number of fused-ring (bicyclic) bond motifs is 1. The Hall–Kier alpha value is -0.883. The summed E-state index contributed by atoms with van der Waals surface area (Å²) < 4.78 is 19.3. The molecule has 0 atom stereocenters. The van der Waals surface area contributed by atoms with Crippen LogP contribution in [-0.4, -0.2) is 33.4 Å². The second-order valence-corrected chi connectivity index (χ2v) is 5.80. The average molecular weight is 239 g/mol. The molecule has 0 saturated carbocycles. The third kappa shape index (κ3) is 1.99. The molecular formula is C11H17NO3Si. The van der Waals surface area contributed by atoms with E-state index < -0.39 is 8.97 Å². The maximum Gasteiger partial charge on any atom is 0.638 e. The summed E-state index contributed by atoms with van der Waals surface area (Å²) >= 11 is 0. The predicted molar refractivity (Wildman–Crippen MR) is 63.2 cm³/mol. The fourth-order valence-corrected chi connectivity index (χ4v) is 4.24. The molecule has 2 aliphatic heterocycles. The number of nitrogens with zero attached hydrogens (tertiary/aromatic N) is 1. The van der Waals surface area contributed by atoms with Crippen molar-refractivity contribution in [3.63, 3.8) is 0 Å². The minimum absolute atomic E-state index is 0.552. The molecule has 0 N–H and O–H groups in total. The highest BCUT2D eigenvalue weighted by molar-refractivity contribution is 6.58. The van der Waals surface area contributed by atoms with Crippen molar-refractivity contribution in [1.82, 2.24) is 4.57 Å². The number of rotatable bonds is 4. The summed E-state index contributed by atoms with van der Waals surface area (Å²) in [4.78, 5) is 0. The first-order chi connectivity index (χ1) is 7.82. The van der Waals surface area contributed by atoms with E-state index in [1.807, 2.05) is 48.9 Å². The van der Waals surface area contributed by atoms with E-state index in [-0.39, 0.29) is 0 Å². The number of hydrogen-bond acceptors (Lipinski definition) is 4. The smallest absolute Gasteiger partial charge is 0.357 e. The molecular weight excluding hydrogens is 222 g/mol. The van der Waals surface area contributed by atoms with Gasteiger partial charge in [-0.3, -0.25) is 0 Å². The molecule has 4 nitrogen and oxygen atoms in total. The van der Waals surface area contributed by atoms with E-state index in [0.29, 0.717) is 19.8 Å². The molecule has 16 heavy (non-hydrogen) atoms. The van der Waals surface area contributed by atoms with E-state index >= 15 is 0 Å². The summed E-state index contributed by atoms with van der Waals surface area (Å²) in [5.74, 6) is 0. The van der Waals surface area contributed by atoms with Crippen LogP contribution in [0.3, 0.4) is 0 Å². The predicted octanol–water partition coefficient (Wildman–Crippen LogP) is 1.79.